The van der Waals surface area contributed by atoms with Crippen LogP contribution in [0.15, 0.2) is 23.0 Å². The van der Waals surface area contributed by atoms with Crippen molar-refractivity contribution < 1.29 is 18.7 Å². The monoisotopic (exact) mass is 306 g/mol. The minimum absolute atomic E-state index is 0.114. The van der Waals surface area contributed by atoms with E-state index < -0.39 is 6.10 Å². The number of piperidine rings is 1. The van der Waals surface area contributed by atoms with Gasteiger partial charge in [-0.1, -0.05) is 0 Å². The molecule has 2 saturated heterocycles. The standard InChI is InChI=1S/C16H22N2O4/c17-16(20)14-2-1-13(22-14)12-3-6-18(7-4-12)15(19)9-11-5-8-21-10-11/h5,8,10,12-14H,1-4,6-7,9H2,(H2,17,20)/t13-,14+/m0/s1. The number of nitrogens with zero attached hydrogens (tertiary/aromatic N) is 1. The van der Waals surface area contributed by atoms with Crippen LogP contribution in [0.5, 0.6) is 0 Å². The molecular weight excluding hydrogens is 284 g/mol. The molecule has 1 aromatic rings. The lowest BCUT2D eigenvalue weighted by molar-refractivity contribution is -0.133. The van der Waals surface area contributed by atoms with Gasteiger partial charge in [0.1, 0.15) is 6.10 Å². The minimum atomic E-state index is -0.425. The summed E-state index contributed by atoms with van der Waals surface area (Å²) < 4.78 is 10.7. The van der Waals surface area contributed by atoms with E-state index in [0.717, 1.165) is 44.3 Å². The van der Waals surface area contributed by atoms with Crippen LogP contribution in [0.1, 0.15) is 31.2 Å². The van der Waals surface area contributed by atoms with Gasteiger partial charge in [0.05, 0.1) is 25.1 Å². The van der Waals surface area contributed by atoms with Crippen molar-refractivity contribution in [3.63, 3.8) is 0 Å². The molecule has 2 N–H and O–H groups in total. The third kappa shape index (κ3) is 3.32. The molecule has 1 aromatic heterocycles. The molecule has 3 rings (SSSR count). The quantitative estimate of drug-likeness (QED) is 0.902. The number of furan rings is 1. The molecule has 2 aliphatic heterocycles. The fourth-order valence-electron chi connectivity index (χ4n) is 3.42. The Labute approximate surface area is 129 Å². The number of nitrogens with two attached hydrogens (primary N) is 1. The molecule has 2 amide bonds. The number of carbonyl (C=O) groups is 2. The third-order valence-electron chi connectivity index (χ3n) is 4.72. The molecule has 3 heterocycles. The topological polar surface area (TPSA) is 85.8 Å². The zero-order chi connectivity index (χ0) is 15.5. The van der Waals surface area contributed by atoms with Gasteiger partial charge in [-0.3, -0.25) is 9.59 Å². The number of hydrogen-bond acceptors (Lipinski definition) is 4. The van der Waals surface area contributed by atoms with Gasteiger partial charge in [0.25, 0.3) is 0 Å². The predicted octanol–water partition coefficient (Wildman–Crippen LogP) is 1.09. The maximum atomic E-state index is 12.2. The van der Waals surface area contributed by atoms with Crippen LogP contribution in [-0.4, -0.2) is 42.0 Å². The summed E-state index contributed by atoms with van der Waals surface area (Å²) in [5.74, 6) is 0.194. The van der Waals surface area contributed by atoms with Crippen LogP contribution in [-0.2, 0) is 20.7 Å². The van der Waals surface area contributed by atoms with Gasteiger partial charge in [0.15, 0.2) is 0 Å². The first-order chi connectivity index (χ1) is 10.6. The number of carbonyl (C=O) groups excluding carboxylic acids is 2. The Morgan fingerprint density at radius 2 is 2.00 bits per heavy atom. The maximum Gasteiger partial charge on any atom is 0.246 e. The highest BCUT2D eigenvalue weighted by molar-refractivity contribution is 5.79. The number of rotatable bonds is 4. The Kier molecular flexibility index (Phi) is 4.47. The van der Waals surface area contributed by atoms with Crippen molar-refractivity contribution in [2.75, 3.05) is 13.1 Å². The molecule has 0 bridgehead atoms. The third-order valence-corrected chi connectivity index (χ3v) is 4.72. The van der Waals surface area contributed by atoms with Crippen molar-refractivity contribution in [1.82, 2.24) is 4.90 Å². The lowest BCUT2D eigenvalue weighted by atomic mass is 9.89. The van der Waals surface area contributed by atoms with Crippen LogP contribution in [0.4, 0.5) is 0 Å². The van der Waals surface area contributed by atoms with E-state index in [1.807, 2.05) is 11.0 Å². The average molecular weight is 306 g/mol. The molecule has 0 spiro atoms. The summed E-state index contributed by atoms with van der Waals surface area (Å²) in [7, 11) is 0. The highest BCUT2D eigenvalue weighted by atomic mass is 16.5. The lowest BCUT2D eigenvalue weighted by Gasteiger charge is -2.34. The SMILES string of the molecule is NC(=O)[C@H]1CC[C@@H](C2CCN(C(=O)Cc3ccoc3)CC2)O1. The molecule has 0 radical (unpaired) electrons. The summed E-state index contributed by atoms with van der Waals surface area (Å²) in [4.78, 5) is 25.3. The van der Waals surface area contributed by atoms with Gasteiger partial charge in [-0.25, -0.2) is 0 Å². The van der Waals surface area contributed by atoms with Gasteiger partial charge >= 0.3 is 0 Å². The van der Waals surface area contributed by atoms with Crippen LogP contribution < -0.4 is 5.73 Å². The molecular formula is C16H22N2O4. The van der Waals surface area contributed by atoms with Crippen molar-refractivity contribution in [3.8, 4) is 0 Å². The molecule has 0 aromatic carbocycles. The molecule has 120 valence electrons. The van der Waals surface area contributed by atoms with E-state index in [4.69, 9.17) is 14.9 Å². The Bertz CT molecular complexity index is 520. The second kappa shape index (κ2) is 6.52. The zero-order valence-corrected chi connectivity index (χ0v) is 12.6. The summed E-state index contributed by atoms with van der Waals surface area (Å²) in [6, 6.07) is 1.82. The van der Waals surface area contributed by atoms with Gasteiger partial charge < -0.3 is 19.8 Å². The average Bonchev–Trinajstić information content (AvgIpc) is 3.18. The second-order valence-electron chi connectivity index (χ2n) is 6.17. The number of amides is 2. The molecule has 0 unspecified atom stereocenters. The van der Waals surface area contributed by atoms with Crippen molar-refractivity contribution in [2.24, 2.45) is 11.7 Å². The molecule has 22 heavy (non-hydrogen) atoms. The number of likely N-dealkylation sites (tertiary alicyclic amines) is 1. The van der Waals surface area contributed by atoms with Gasteiger partial charge in [-0.05, 0) is 43.2 Å². The van der Waals surface area contributed by atoms with Crippen molar-refractivity contribution in [3.05, 3.63) is 24.2 Å². The van der Waals surface area contributed by atoms with Gasteiger partial charge in [0.2, 0.25) is 11.8 Å². The number of hydrogen-bond donors (Lipinski definition) is 1. The van der Waals surface area contributed by atoms with Gasteiger partial charge in [0, 0.05) is 13.1 Å². The van der Waals surface area contributed by atoms with Crippen molar-refractivity contribution >= 4 is 11.8 Å². The van der Waals surface area contributed by atoms with Crippen LogP contribution >= 0.6 is 0 Å². The first-order valence-electron chi connectivity index (χ1n) is 7.87. The van der Waals surface area contributed by atoms with Gasteiger partial charge in [-0.2, -0.15) is 0 Å². The van der Waals surface area contributed by atoms with E-state index in [0.29, 0.717) is 12.3 Å². The van der Waals surface area contributed by atoms with E-state index in [9.17, 15) is 9.59 Å². The first kappa shape index (κ1) is 15.1. The normalized spacial score (nSPS) is 26.3. The van der Waals surface area contributed by atoms with Crippen LogP contribution in [0.2, 0.25) is 0 Å². The Hall–Kier alpha value is -1.82. The number of ether oxygens (including phenoxy) is 1. The Morgan fingerprint density at radius 3 is 2.59 bits per heavy atom. The van der Waals surface area contributed by atoms with E-state index in [-0.39, 0.29) is 17.9 Å². The Balaban J connectivity index is 1.46. The van der Waals surface area contributed by atoms with E-state index >= 15 is 0 Å². The maximum absolute atomic E-state index is 12.2. The van der Waals surface area contributed by atoms with Crippen LogP contribution in [0.25, 0.3) is 0 Å². The van der Waals surface area contributed by atoms with Gasteiger partial charge in [-0.15, -0.1) is 0 Å². The summed E-state index contributed by atoms with van der Waals surface area (Å²) >= 11 is 0. The molecule has 2 atom stereocenters. The molecule has 6 heteroatoms. The first-order valence-corrected chi connectivity index (χ1v) is 7.87. The molecule has 0 aliphatic carbocycles. The Morgan fingerprint density at radius 1 is 1.23 bits per heavy atom. The highest BCUT2D eigenvalue weighted by Crippen LogP contribution is 2.31. The smallest absolute Gasteiger partial charge is 0.246 e. The lowest BCUT2D eigenvalue weighted by Crippen LogP contribution is -2.42. The van der Waals surface area contributed by atoms with E-state index in [1.54, 1.807) is 12.5 Å². The fourth-order valence-corrected chi connectivity index (χ4v) is 3.42. The summed E-state index contributed by atoms with van der Waals surface area (Å²) in [6.45, 7) is 1.50. The second-order valence-corrected chi connectivity index (χ2v) is 6.17. The van der Waals surface area contributed by atoms with Crippen LogP contribution in [0, 0.1) is 5.92 Å². The van der Waals surface area contributed by atoms with E-state index in [2.05, 4.69) is 0 Å². The van der Waals surface area contributed by atoms with Crippen molar-refractivity contribution in [2.45, 2.75) is 44.3 Å². The van der Waals surface area contributed by atoms with Crippen LogP contribution in [0.3, 0.4) is 0 Å². The largest absolute Gasteiger partial charge is 0.472 e. The minimum Gasteiger partial charge on any atom is -0.472 e. The van der Waals surface area contributed by atoms with Crippen molar-refractivity contribution in [1.29, 1.82) is 0 Å². The molecule has 2 aliphatic rings. The zero-order valence-electron chi connectivity index (χ0n) is 12.6. The fraction of sp³-hybridized carbons (Fsp3) is 0.625. The number of primary amides is 1. The molecule has 2 fully saturated rings. The summed E-state index contributed by atoms with van der Waals surface area (Å²) in [6.07, 6.45) is 6.74. The summed E-state index contributed by atoms with van der Waals surface area (Å²) in [5.41, 5.74) is 6.20. The highest BCUT2D eigenvalue weighted by Gasteiger charge is 2.36. The van der Waals surface area contributed by atoms with E-state index in [1.165, 1.54) is 0 Å². The summed E-state index contributed by atoms with van der Waals surface area (Å²) in [5, 5.41) is 0. The predicted molar refractivity (Wildman–Crippen MR) is 78.8 cm³/mol. The molecule has 0 saturated carbocycles. The molecule has 6 nitrogen and oxygen atoms in total.